The van der Waals surface area contributed by atoms with Gasteiger partial charge >= 0.3 is 0 Å². The van der Waals surface area contributed by atoms with Crippen LogP contribution in [0.25, 0.3) is 0 Å². The topological polar surface area (TPSA) is 19.9 Å². The molecule has 0 rings (SSSR count). The Morgan fingerprint density at radius 2 is 1.76 bits per heavy atom. The molecule has 0 saturated carbocycles. The maximum atomic E-state index is 11.6. The molecule has 0 amide bonds. The van der Waals surface area contributed by atoms with Crippen molar-refractivity contribution in [3.05, 3.63) is 0 Å². The highest BCUT2D eigenvalue weighted by Gasteiger charge is 2.15. The molecule has 2 unspecified atom stereocenters. The minimum atomic E-state index is -0.386. The average molecular weight is 259 g/mol. The first kappa shape index (κ1) is 17.3. The summed E-state index contributed by atoms with van der Waals surface area (Å²) < 4.78 is 0. The number of hydrogen-bond donors (Lipinski definition) is 0. The first-order chi connectivity index (χ1) is 7.85. The van der Waals surface area contributed by atoms with Crippen LogP contribution in [0.3, 0.4) is 0 Å². The van der Waals surface area contributed by atoms with Gasteiger partial charge in [0.15, 0.2) is 0 Å². The Morgan fingerprint density at radius 3 is 2.29 bits per heavy atom. The smallest absolute Gasteiger partial charge is 0.138 e. The van der Waals surface area contributed by atoms with E-state index in [0.717, 1.165) is 24.5 Å². The molecule has 1 radical (unpaired) electrons. The van der Waals surface area contributed by atoms with E-state index < -0.39 is 0 Å². The summed E-state index contributed by atoms with van der Waals surface area (Å²) in [5.41, 5.74) is 0.0330. The number of thioether (sulfide) groups is 1. The molecule has 103 valence electrons. The van der Waals surface area contributed by atoms with E-state index in [1.54, 1.807) is 11.8 Å². The maximum absolute atomic E-state index is 11.6. The highest BCUT2D eigenvalue weighted by Crippen LogP contribution is 2.27. The minimum Gasteiger partial charge on any atom is -0.221 e. The standard InChI is InChI=1S/C15H31OS/c1-6-7-8-9-14(16)17-11-10-13(2)12-15(3,4)5/h13-14H,6-12H2,1-5H3. The van der Waals surface area contributed by atoms with Gasteiger partial charge in [0, 0.05) is 0 Å². The first-order valence-corrected chi connectivity index (χ1v) is 8.17. The van der Waals surface area contributed by atoms with Gasteiger partial charge in [-0.25, -0.2) is 5.11 Å². The average Bonchev–Trinajstić information content (AvgIpc) is 2.15. The third kappa shape index (κ3) is 12.6. The minimum absolute atomic E-state index is 0.386. The number of unbranched alkanes of at least 4 members (excludes halogenated alkanes) is 2. The molecule has 2 heteroatoms. The molecule has 0 aromatic rings. The van der Waals surface area contributed by atoms with Gasteiger partial charge in [0.05, 0.1) is 0 Å². The molecule has 0 bridgehead atoms. The van der Waals surface area contributed by atoms with E-state index in [0.29, 0.717) is 5.41 Å². The van der Waals surface area contributed by atoms with Crippen molar-refractivity contribution in [2.75, 3.05) is 5.75 Å². The fourth-order valence-electron chi connectivity index (χ4n) is 2.19. The van der Waals surface area contributed by atoms with Gasteiger partial charge in [-0.1, -0.05) is 47.5 Å². The van der Waals surface area contributed by atoms with Gasteiger partial charge in [-0.2, -0.15) is 0 Å². The van der Waals surface area contributed by atoms with E-state index in [1.165, 1.54) is 25.7 Å². The third-order valence-electron chi connectivity index (χ3n) is 2.92. The molecule has 0 saturated heterocycles. The van der Waals surface area contributed by atoms with Gasteiger partial charge in [0.2, 0.25) is 0 Å². The fourth-order valence-corrected chi connectivity index (χ4v) is 3.33. The quantitative estimate of drug-likeness (QED) is 0.394. The third-order valence-corrected chi connectivity index (χ3v) is 4.00. The SMILES string of the molecule is CCCCCC([O])SCCC(C)CC(C)(C)C. The predicted molar refractivity (Wildman–Crippen MR) is 78.9 cm³/mol. The van der Waals surface area contributed by atoms with Crippen LogP contribution in [-0.2, 0) is 5.11 Å². The van der Waals surface area contributed by atoms with Crippen molar-refractivity contribution < 1.29 is 5.11 Å². The zero-order valence-electron chi connectivity index (χ0n) is 12.4. The van der Waals surface area contributed by atoms with E-state index in [-0.39, 0.29) is 5.44 Å². The zero-order chi connectivity index (χ0) is 13.3. The van der Waals surface area contributed by atoms with Crippen molar-refractivity contribution in [3.8, 4) is 0 Å². The lowest BCUT2D eigenvalue weighted by Crippen LogP contribution is -2.12. The Morgan fingerprint density at radius 1 is 1.12 bits per heavy atom. The largest absolute Gasteiger partial charge is 0.221 e. The van der Waals surface area contributed by atoms with E-state index >= 15 is 0 Å². The molecule has 2 atom stereocenters. The lowest BCUT2D eigenvalue weighted by Gasteiger charge is -2.23. The molecule has 0 N–H and O–H groups in total. The second kappa shape index (κ2) is 9.27. The molecule has 0 aromatic heterocycles. The zero-order valence-corrected chi connectivity index (χ0v) is 13.2. The molecule has 0 aliphatic rings. The van der Waals surface area contributed by atoms with Crippen LogP contribution < -0.4 is 0 Å². The van der Waals surface area contributed by atoms with E-state index in [9.17, 15) is 5.11 Å². The summed E-state index contributed by atoms with van der Waals surface area (Å²) in [6, 6.07) is 0. The van der Waals surface area contributed by atoms with Crippen LogP contribution in [0.15, 0.2) is 0 Å². The summed E-state index contributed by atoms with van der Waals surface area (Å²) in [6.45, 7) is 11.4. The van der Waals surface area contributed by atoms with Crippen molar-refractivity contribution in [3.63, 3.8) is 0 Å². The van der Waals surface area contributed by atoms with E-state index in [1.807, 2.05) is 0 Å². The summed E-state index contributed by atoms with van der Waals surface area (Å²) in [4.78, 5) is 0. The van der Waals surface area contributed by atoms with Crippen LogP contribution >= 0.6 is 11.8 Å². The highest BCUT2D eigenvalue weighted by molar-refractivity contribution is 7.99. The maximum Gasteiger partial charge on any atom is 0.138 e. The lowest BCUT2D eigenvalue weighted by molar-refractivity contribution is 0.154. The second-order valence-electron chi connectivity index (χ2n) is 6.45. The monoisotopic (exact) mass is 259 g/mol. The summed E-state index contributed by atoms with van der Waals surface area (Å²) in [5.74, 6) is 1.78. The number of rotatable bonds is 9. The Labute approximate surface area is 113 Å². The van der Waals surface area contributed by atoms with Crippen molar-refractivity contribution in [2.24, 2.45) is 11.3 Å². The molecule has 0 aliphatic carbocycles. The number of hydrogen-bond acceptors (Lipinski definition) is 1. The molecule has 1 nitrogen and oxygen atoms in total. The van der Waals surface area contributed by atoms with E-state index in [4.69, 9.17) is 0 Å². The van der Waals surface area contributed by atoms with Gasteiger partial charge in [-0.05, 0) is 42.8 Å². The summed E-state index contributed by atoms with van der Waals surface area (Å²) >= 11 is 1.63. The van der Waals surface area contributed by atoms with Crippen LogP contribution in [0, 0.1) is 11.3 Å². The predicted octanol–water partition coefficient (Wildman–Crippen LogP) is 5.52. The first-order valence-electron chi connectivity index (χ1n) is 7.12. The Balaban J connectivity index is 3.49. The highest BCUT2D eigenvalue weighted by atomic mass is 32.2. The van der Waals surface area contributed by atoms with Crippen LogP contribution in [0.1, 0.15) is 73.1 Å². The van der Waals surface area contributed by atoms with Gasteiger partial charge in [-0.3, -0.25) is 0 Å². The molecule has 0 spiro atoms. The summed E-state index contributed by atoms with van der Waals surface area (Å²) in [5, 5.41) is 11.6. The lowest BCUT2D eigenvalue weighted by atomic mass is 9.84. The molecule has 0 heterocycles. The molecule has 0 aromatic carbocycles. The molecule has 0 aliphatic heterocycles. The van der Waals surface area contributed by atoms with Crippen molar-refractivity contribution in [1.29, 1.82) is 0 Å². The summed E-state index contributed by atoms with van der Waals surface area (Å²) in [6.07, 6.45) is 6.82. The van der Waals surface area contributed by atoms with Gasteiger partial charge in [0.1, 0.15) is 5.44 Å². The Hall–Kier alpha value is 0.310. The van der Waals surface area contributed by atoms with Crippen molar-refractivity contribution in [1.82, 2.24) is 0 Å². The van der Waals surface area contributed by atoms with E-state index in [2.05, 4.69) is 34.6 Å². The van der Waals surface area contributed by atoms with Crippen LogP contribution in [0.4, 0.5) is 0 Å². The van der Waals surface area contributed by atoms with Crippen molar-refractivity contribution >= 4 is 11.8 Å². The van der Waals surface area contributed by atoms with Crippen LogP contribution in [0.5, 0.6) is 0 Å². The molecule has 17 heavy (non-hydrogen) atoms. The fraction of sp³-hybridized carbons (Fsp3) is 1.00. The Kier molecular flexibility index (Phi) is 9.44. The molecular weight excluding hydrogens is 228 g/mol. The van der Waals surface area contributed by atoms with Crippen molar-refractivity contribution in [2.45, 2.75) is 78.6 Å². The second-order valence-corrected chi connectivity index (χ2v) is 7.72. The van der Waals surface area contributed by atoms with Crippen LogP contribution in [0.2, 0.25) is 0 Å². The normalized spacial score (nSPS) is 15.9. The molecular formula is C15H31OS. The molecule has 0 fully saturated rings. The van der Waals surface area contributed by atoms with Gasteiger partial charge < -0.3 is 0 Å². The Bertz CT molecular complexity index is 174. The van der Waals surface area contributed by atoms with Gasteiger partial charge in [-0.15, -0.1) is 11.8 Å². The van der Waals surface area contributed by atoms with Gasteiger partial charge in [0.25, 0.3) is 0 Å². The van der Waals surface area contributed by atoms with Crippen LogP contribution in [-0.4, -0.2) is 11.2 Å². The summed E-state index contributed by atoms with van der Waals surface area (Å²) in [7, 11) is 0.